The Morgan fingerprint density at radius 3 is 2.57 bits per heavy atom. The molecule has 1 aliphatic heterocycles. The Kier molecular flexibility index (Phi) is 4.98. The molecule has 1 atom stereocenters. The summed E-state index contributed by atoms with van der Waals surface area (Å²) in [4.78, 5) is 0. The zero-order valence-corrected chi connectivity index (χ0v) is 12.2. The Morgan fingerprint density at radius 2 is 2.05 bits per heavy atom. The molecular weight excluding hydrogens is 283 g/mol. The lowest BCUT2D eigenvalue weighted by Crippen LogP contribution is -2.28. The largest absolute Gasteiger partial charge is 0.496 e. The van der Waals surface area contributed by atoms with Crippen molar-refractivity contribution in [3.63, 3.8) is 0 Å². The van der Waals surface area contributed by atoms with Crippen LogP contribution >= 0.6 is 0 Å². The van der Waals surface area contributed by atoms with Gasteiger partial charge in [0.1, 0.15) is 17.1 Å². The molecule has 118 valence electrons. The molecule has 1 saturated heterocycles. The summed E-state index contributed by atoms with van der Waals surface area (Å²) in [6.45, 7) is 3.55. The molecular formula is C15H20F3NO2. The first kappa shape index (κ1) is 15.9. The van der Waals surface area contributed by atoms with Gasteiger partial charge in [-0.3, -0.25) is 0 Å². The molecule has 2 rings (SSSR count). The monoisotopic (exact) mass is 303 g/mol. The van der Waals surface area contributed by atoms with Crippen LogP contribution in [-0.4, -0.2) is 26.8 Å². The number of hydrogen-bond donors (Lipinski definition) is 1. The van der Waals surface area contributed by atoms with Crippen LogP contribution in [0.2, 0.25) is 0 Å². The standard InChI is InChI=1S/C15H20F3NO2/c1-3-21-14-7-11(10-5-4-6-19-9-10)13(20-2)8-12(14)15(16,17)18/h7-8,10,19H,3-6,9H2,1-2H3/t10-/m0/s1. The summed E-state index contributed by atoms with van der Waals surface area (Å²) in [6.07, 6.45) is -2.53. The number of ether oxygens (including phenoxy) is 2. The van der Waals surface area contributed by atoms with Crippen molar-refractivity contribution < 1.29 is 22.6 Å². The van der Waals surface area contributed by atoms with Crippen molar-refractivity contribution in [1.29, 1.82) is 0 Å². The molecule has 3 nitrogen and oxygen atoms in total. The fourth-order valence-electron chi connectivity index (χ4n) is 2.69. The van der Waals surface area contributed by atoms with Crippen LogP contribution in [0, 0.1) is 0 Å². The number of halogens is 3. The van der Waals surface area contributed by atoms with E-state index in [1.54, 1.807) is 6.92 Å². The molecule has 0 unspecified atom stereocenters. The second-order valence-electron chi connectivity index (χ2n) is 5.06. The average Bonchev–Trinajstić information content (AvgIpc) is 2.47. The van der Waals surface area contributed by atoms with E-state index in [2.05, 4.69) is 5.32 Å². The van der Waals surface area contributed by atoms with E-state index in [1.807, 2.05) is 0 Å². The van der Waals surface area contributed by atoms with Crippen LogP contribution in [-0.2, 0) is 6.18 Å². The molecule has 1 aromatic carbocycles. The van der Waals surface area contributed by atoms with Gasteiger partial charge in [-0.25, -0.2) is 0 Å². The number of benzene rings is 1. The summed E-state index contributed by atoms with van der Waals surface area (Å²) in [6, 6.07) is 2.54. The Hall–Kier alpha value is -1.43. The Bertz CT molecular complexity index is 483. The molecule has 0 radical (unpaired) electrons. The topological polar surface area (TPSA) is 30.5 Å². The van der Waals surface area contributed by atoms with Crippen LogP contribution in [0.1, 0.15) is 36.8 Å². The van der Waals surface area contributed by atoms with E-state index >= 15 is 0 Å². The Balaban J connectivity index is 2.46. The lowest BCUT2D eigenvalue weighted by atomic mass is 9.90. The van der Waals surface area contributed by atoms with Crippen LogP contribution in [0.15, 0.2) is 12.1 Å². The SMILES string of the molecule is CCOc1cc([C@H]2CCCNC2)c(OC)cc1C(F)(F)F. The molecule has 0 aromatic heterocycles. The van der Waals surface area contributed by atoms with Crippen molar-refractivity contribution in [2.24, 2.45) is 0 Å². The van der Waals surface area contributed by atoms with Crippen molar-refractivity contribution in [1.82, 2.24) is 5.32 Å². The Morgan fingerprint density at radius 1 is 1.29 bits per heavy atom. The van der Waals surface area contributed by atoms with Crippen molar-refractivity contribution in [3.8, 4) is 11.5 Å². The van der Waals surface area contributed by atoms with Gasteiger partial charge in [-0.15, -0.1) is 0 Å². The lowest BCUT2D eigenvalue weighted by Gasteiger charge is -2.26. The summed E-state index contributed by atoms with van der Waals surface area (Å²) in [5.41, 5.74) is -0.00475. The highest BCUT2D eigenvalue weighted by molar-refractivity contribution is 5.49. The van der Waals surface area contributed by atoms with E-state index in [0.717, 1.165) is 37.6 Å². The van der Waals surface area contributed by atoms with Gasteiger partial charge < -0.3 is 14.8 Å². The molecule has 6 heteroatoms. The number of methoxy groups -OCH3 is 1. The van der Waals surface area contributed by atoms with E-state index < -0.39 is 11.7 Å². The van der Waals surface area contributed by atoms with Gasteiger partial charge in [0.2, 0.25) is 0 Å². The van der Waals surface area contributed by atoms with Gasteiger partial charge in [0, 0.05) is 18.0 Å². The number of piperidine rings is 1. The van der Waals surface area contributed by atoms with Crippen LogP contribution < -0.4 is 14.8 Å². The summed E-state index contributed by atoms with van der Waals surface area (Å²) < 4.78 is 49.7. The minimum absolute atomic E-state index is 0.119. The highest BCUT2D eigenvalue weighted by atomic mass is 19.4. The van der Waals surface area contributed by atoms with Gasteiger partial charge in [0.15, 0.2) is 0 Å². The minimum atomic E-state index is -4.46. The average molecular weight is 303 g/mol. The predicted molar refractivity (Wildman–Crippen MR) is 74.0 cm³/mol. The maximum Gasteiger partial charge on any atom is 0.420 e. The van der Waals surface area contributed by atoms with Crippen LogP contribution in [0.4, 0.5) is 13.2 Å². The van der Waals surface area contributed by atoms with E-state index in [-0.39, 0.29) is 24.0 Å². The van der Waals surface area contributed by atoms with E-state index in [4.69, 9.17) is 9.47 Å². The maximum absolute atomic E-state index is 13.1. The maximum atomic E-state index is 13.1. The minimum Gasteiger partial charge on any atom is -0.496 e. The third-order valence-corrected chi connectivity index (χ3v) is 3.67. The van der Waals surface area contributed by atoms with Gasteiger partial charge in [0.25, 0.3) is 0 Å². The molecule has 0 saturated carbocycles. The zero-order valence-electron chi connectivity index (χ0n) is 12.2. The number of rotatable bonds is 4. The third kappa shape index (κ3) is 3.61. The van der Waals surface area contributed by atoms with Crippen LogP contribution in [0.25, 0.3) is 0 Å². The van der Waals surface area contributed by atoms with Crippen molar-refractivity contribution >= 4 is 0 Å². The van der Waals surface area contributed by atoms with E-state index in [1.165, 1.54) is 13.2 Å². The van der Waals surface area contributed by atoms with Gasteiger partial charge in [-0.2, -0.15) is 13.2 Å². The van der Waals surface area contributed by atoms with Gasteiger partial charge in [0.05, 0.1) is 13.7 Å². The third-order valence-electron chi connectivity index (χ3n) is 3.67. The molecule has 21 heavy (non-hydrogen) atoms. The van der Waals surface area contributed by atoms with Gasteiger partial charge >= 0.3 is 6.18 Å². The zero-order chi connectivity index (χ0) is 15.5. The highest BCUT2D eigenvalue weighted by Crippen LogP contribution is 2.43. The summed E-state index contributed by atoms with van der Waals surface area (Å²) in [5.74, 6) is 0.307. The molecule has 1 fully saturated rings. The first-order chi connectivity index (χ1) is 9.97. The van der Waals surface area contributed by atoms with E-state index in [9.17, 15) is 13.2 Å². The number of nitrogens with one attached hydrogen (secondary N) is 1. The highest BCUT2D eigenvalue weighted by Gasteiger charge is 2.36. The molecule has 0 bridgehead atoms. The smallest absolute Gasteiger partial charge is 0.420 e. The van der Waals surface area contributed by atoms with E-state index in [0.29, 0.717) is 0 Å². The second kappa shape index (κ2) is 6.56. The first-order valence-electron chi connectivity index (χ1n) is 7.10. The molecule has 1 aliphatic rings. The molecule has 0 spiro atoms. The van der Waals surface area contributed by atoms with Gasteiger partial charge in [-0.1, -0.05) is 0 Å². The van der Waals surface area contributed by atoms with Crippen molar-refractivity contribution in [3.05, 3.63) is 23.3 Å². The number of hydrogen-bond acceptors (Lipinski definition) is 3. The number of alkyl halides is 3. The summed E-state index contributed by atoms with van der Waals surface area (Å²) in [7, 11) is 1.40. The van der Waals surface area contributed by atoms with Gasteiger partial charge in [-0.05, 0) is 38.4 Å². The predicted octanol–water partition coefficient (Wildman–Crippen LogP) is 3.58. The molecule has 1 N–H and O–H groups in total. The van der Waals surface area contributed by atoms with Crippen LogP contribution in [0.3, 0.4) is 0 Å². The second-order valence-corrected chi connectivity index (χ2v) is 5.06. The molecule has 0 amide bonds. The Labute approximate surface area is 122 Å². The lowest BCUT2D eigenvalue weighted by molar-refractivity contribution is -0.139. The fraction of sp³-hybridized carbons (Fsp3) is 0.600. The first-order valence-corrected chi connectivity index (χ1v) is 7.10. The normalized spacial score (nSPS) is 19.4. The van der Waals surface area contributed by atoms with Crippen molar-refractivity contribution in [2.75, 3.05) is 26.8 Å². The van der Waals surface area contributed by atoms with Crippen molar-refractivity contribution in [2.45, 2.75) is 31.9 Å². The fourth-order valence-corrected chi connectivity index (χ4v) is 2.69. The van der Waals surface area contributed by atoms with Crippen LogP contribution in [0.5, 0.6) is 11.5 Å². The quantitative estimate of drug-likeness (QED) is 0.922. The summed E-state index contributed by atoms with van der Waals surface area (Å²) >= 11 is 0. The summed E-state index contributed by atoms with van der Waals surface area (Å²) in [5, 5.41) is 3.26. The molecule has 1 heterocycles. The molecule has 1 aromatic rings. The molecule has 0 aliphatic carbocycles.